The van der Waals surface area contributed by atoms with Gasteiger partial charge in [-0.1, -0.05) is 0 Å². The van der Waals surface area contributed by atoms with Crippen molar-refractivity contribution in [3.8, 4) is 11.1 Å². The summed E-state index contributed by atoms with van der Waals surface area (Å²) in [5.41, 5.74) is 1.06. The van der Waals surface area contributed by atoms with Crippen molar-refractivity contribution < 1.29 is 33.0 Å². The van der Waals surface area contributed by atoms with Crippen molar-refractivity contribution in [2.45, 2.75) is 13.0 Å². The highest BCUT2D eigenvalue weighted by Gasteiger charge is 2.33. The number of halogens is 1. The molecule has 0 bridgehead atoms. The number of imidazole rings is 1. The number of amides is 3. The highest BCUT2D eigenvalue weighted by molar-refractivity contribution is 5.90. The molecule has 1 N–H and O–H groups in total. The van der Waals surface area contributed by atoms with Crippen molar-refractivity contribution >= 4 is 35.6 Å². The number of aromatic nitrogens is 4. The summed E-state index contributed by atoms with van der Waals surface area (Å²) in [7, 11) is 0. The lowest BCUT2D eigenvalue weighted by Crippen LogP contribution is -2.50. The van der Waals surface area contributed by atoms with E-state index in [-0.39, 0.29) is 37.1 Å². The van der Waals surface area contributed by atoms with Gasteiger partial charge in [0, 0.05) is 69.0 Å². The van der Waals surface area contributed by atoms with Gasteiger partial charge in [0.05, 0.1) is 18.8 Å². The molecule has 14 nitrogen and oxygen atoms in total. The van der Waals surface area contributed by atoms with Gasteiger partial charge in [0.15, 0.2) is 6.61 Å². The standard InChI is InChI=1S/C26H27FN8O6/c1-17(36)29-13-20-14-35(26(39)41-20)19-2-3-21(22(27)10-19)18-11-30-24(31-12-18)33-8-6-32(7-9-33)23(37)15-40-25(38)34-5-4-28-16-34/h2-5,10-12,16,20H,6-9,13-15H2,1H3,(H,29,36)/t20-/m0/s1. The van der Waals surface area contributed by atoms with E-state index >= 15 is 4.39 Å². The topological polar surface area (TPSA) is 152 Å². The summed E-state index contributed by atoms with van der Waals surface area (Å²) in [5, 5.41) is 2.60. The van der Waals surface area contributed by atoms with E-state index in [4.69, 9.17) is 9.47 Å². The Bertz CT molecular complexity index is 1430. The van der Waals surface area contributed by atoms with Gasteiger partial charge in [0.25, 0.3) is 5.91 Å². The van der Waals surface area contributed by atoms with Crippen LogP contribution in [0, 0.1) is 5.82 Å². The molecule has 1 aromatic carbocycles. The van der Waals surface area contributed by atoms with Crippen molar-refractivity contribution in [3.63, 3.8) is 0 Å². The Morgan fingerprint density at radius 2 is 1.90 bits per heavy atom. The predicted octanol–water partition coefficient (Wildman–Crippen LogP) is 1.27. The second-order valence-corrected chi connectivity index (χ2v) is 9.38. The third-order valence-electron chi connectivity index (χ3n) is 6.62. The van der Waals surface area contributed by atoms with Crippen LogP contribution in [0.25, 0.3) is 11.1 Å². The lowest BCUT2D eigenvalue weighted by atomic mass is 10.1. The van der Waals surface area contributed by atoms with Crippen molar-refractivity contribution in [2.24, 2.45) is 0 Å². The van der Waals surface area contributed by atoms with Crippen molar-refractivity contribution in [3.05, 3.63) is 55.1 Å². The van der Waals surface area contributed by atoms with Gasteiger partial charge in [-0.3, -0.25) is 14.5 Å². The molecule has 4 heterocycles. The molecule has 2 saturated heterocycles. The van der Waals surface area contributed by atoms with Gasteiger partial charge in [-0.2, -0.15) is 0 Å². The number of rotatable bonds is 7. The third kappa shape index (κ3) is 6.40. The van der Waals surface area contributed by atoms with Gasteiger partial charge in [-0.05, 0) is 18.2 Å². The minimum absolute atomic E-state index is 0.176. The van der Waals surface area contributed by atoms with Crippen molar-refractivity contribution in [1.82, 2.24) is 29.7 Å². The van der Waals surface area contributed by atoms with Crippen molar-refractivity contribution in [2.75, 3.05) is 55.7 Å². The molecule has 5 rings (SSSR count). The highest BCUT2D eigenvalue weighted by atomic mass is 19.1. The minimum atomic E-state index is -0.681. The van der Waals surface area contributed by atoms with Crippen molar-refractivity contribution in [1.29, 1.82) is 0 Å². The summed E-state index contributed by atoms with van der Waals surface area (Å²) in [6, 6.07) is 4.40. The number of carbonyl (C=O) groups is 4. The van der Waals surface area contributed by atoms with E-state index < -0.39 is 24.1 Å². The zero-order valence-electron chi connectivity index (χ0n) is 22.1. The fraction of sp³-hybridized carbons (Fsp3) is 0.346. The SMILES string of the molecule is CC(=O)NC[C@H]1CN(c2ccc(-c3cnc(N4CCN(C(=O)COC(=O)n5ccnc5)CC4)nc3)c(F)c2)C(=O)O1. The quantitative estimate of drug-likeness (QED) is 0.443. The summed E-state index contributed by atoms with van der Waals surface area (Å²) in [4.78, 5) is 65.0. The van der Waals surface area contributed by atoms with Crippen LogP contribution < -0.4 is 15.1 Å². The number of piperazine rings is 1. The maximum atomic E-state index is 15.1. The molecular formula is C26H27FN8O6. The number of cyclic esters (lactones) is 1. The van der Waals surface area contributed by atoms with E-state index in [1.165, 1.54) is 49.0 Å². The van der Waals surface area contributed by atoms with Crippen LogP contribution in [0.15, 0.2) is 49.3 Å². The van der Waals surface area contributed by atoms with E-state index in [2.05, 4.69) is 20.3 Å². The number of benzene rings is 1. The fourth-order valence-corrected chi connectivity index (χ4v) is 4.44. The summed E-state index contributed by atoms with van der Waals surface area (Å²) < 4.78 is 26.5. The number of nitrogens with zero attached hydrogens (tertiary/aromatic N) is 7. The predicted molar refractivity (Wildman–Crippen MR) is 141 cm³/mol. The van der Waals surface area contributed by atoms with E-state index in [0.717, 1.165) is 4.57 Å². The smallest absolute Gasteiger partial charge is 0.419 e. The number of hydrogen-bond donors (Lipinski definition) is 1. The molecule has 2 aliphatic rings. The van der Waals surface area contributed by atoms with Crippen LogP contribution in [-0.2, 0) is 19.1 Å². The van der Waals surface area contributed by atoms with Gasteiger partial charge in [0.2, 0.25) is 11.9 Å². The third-order valence-corrected chi connectivity index (χ3v) is 6.62. The molecule has 2 aromatic heterocycles. The molecule has 0 aliphatic carbocycles. The molecule has 2 aliphatic heterocycles. The number of ether oxygens (including phenoxy) is 2. The summed E-state index contributed by atoms with van der Waals surface area (Å²) in [6.07, 6.45) is 5.37. The molecule has 3 amide bonds. The van der Waals surface area contributed by atoms with Gasteiger partial charge >= 0.3 is 12.2 Å². The largest absolute Gasteiger partial charge is 0.442 e. The van der Waals surface area contributed by atoms with Crippen LogP contribution >= 0.6 is 0 Å². The van der Waals surface area contributed by atoms with Crippen LogP contribution in [-0.4, -0.2) is 100 Å². The lowest BCUT2D eigenvalue weighted by molar-refractivity contribution is -0.134. The Morgan fingerprint density at radius 3 is 2.56 bits per heavy atom. The molecule has 15 heteroatoms. The average molecular weight is 567 g/mol. The van der Waals surface area contributed by atoms with Gasteiger partial charge in [0.1, 0.15) is 18.2 Å². The molecule has 0 saturated carbocycles. The van der Waals surface area contributed by atoms with Crippen LogP contribution in [0.2, 0.25) is 0 Å². The van der Waals surface area contributed by atoms with Gasteiger partial charge < -0.3 is 24.6 Å². The Hall–Kier alpha value is -5.08. The zero-order chi connectivity index (χ0) is 28.9. The van der Waals surface area contributed by atoms with Gasteiger partial charge in [-0.15, -0.1) is 0 Å². The molecule has 1 atom stereocenters. The second-order valence-electron chi connectivity index (χ2n) is 9.38. The summed E-state index contributed by atoms with van der Waals surface area (Å²) in [5.74, 6) is -0.659. The number of nitrogens with one attached hydrogen (secondary N) is 1. The number of anilines is 2. The second kappa shape index (κ2) is 12.0. The zero-order valence-corrected chi connectivity index (χ0v) is 22.1. The highest BCUT2D eigenvalue weighted by Crippen LogP contribution is 2.29. The van der Waals surface area contributed by atoms with Gasteiger partial charge in [-0.25, -0.2) is 33.5 Å². The fourth-order valence-electron chi connectivity index (χ4n) is 4.44. The van der Waals surface area contributed by atoms with E-state index in [9.17, 15) is 19.2 Å². The Kier molecular flexibility index (Phi) is 8.03. The lowest BCUT2D eigenvalue weighted by Gasteiger charge is -2.34. The van der Waals surface area contributed by atoms with E-state index in [1.54, 1.807) is 17.0 Å². The molecule has 214 valence electrons. The summed E-state index contributed by atoms with van der Waals surface area (Å²) in [6.45, 7) is 3.09. The normalized spacial score (nSPS) is 16.9. The molecule has 3 aromatic rings. The van der Waals surface area contributed by atoms with Crippen LogP contribution in [0.4, 0.5) is 25.6 Å². The maximum Gasteiger partial charge on any atom is 0.419 e. The molecule has 2 fully saturated rings. The monoisotopic (exact) mass is 566 g/mol. The first-order chi connectivity index (χ1) is 19.8. The number of carbonyl (C=O) groups excluding carboxylic acids is 4. The minimum Gasteiger partial charge on any atom is -0.442 e. The molecule has 0 unspecified atom stereocenters. The Labute approximate surface area is 233 Å². The first-order valence-corrected chi connectivity index (χ1v) is 12.8. The molecule has 41 heavy (non-hydrogen) atoms. The maximum absolute atomic E-state index is 15.1. The molecule has 0 radical (unpaired) electrons. The Balaban J connectivity index is 1.14. The average Bonchev–Trinajstić information content (AvgIpc) is 3.65. The van der Waals surface area contributed by atoms with E-state index in [0.29, 0.717) is 43.4 Å². The summed E-state index contributed by atoms with van der Waals surface area (Å²) >= 11 is 0. The van der Waals surface area contributed by atoms with Crippen LogP contribution in [0.3, 0.4) is 0 Å². The molecule has 0 spiro atoms. The van der Waals surface area contributed by atoms with Crippen LogP contribution in [0.5, 0.6) is 0 Å². The van der Waals surface area contributed by atoms with E-state index in [1.807, 2.05) is 4.90 Å². The Morgan fingerprint density at radius 1 is 1.15 bits per heavy atom. The molecular weight excluding hydrogens is 539 g/mol. The van der Waals surface area contributed by atoms with Crippen LogP contribution in [0.1, 0.15) is 6.92 Å². The number of hydrogen-bond acceptors (Lipinski definition) is 10. The first-order valence-electron chi connectivity index (χ1n) is 12.8. The first kappa shape index (κ1) is 27.5.